The third-order valence-corrected chi connectivity index (χ3v) is 3.54. The summed E-state index contributed by atoms with van der Waals surface area (Å²) in [5.41, 5.74) is 3.91. The Kier molecular flexibility index (Phi) is 5.37. The van der Waals surface area contributed by atoms with Crippen molar-refractivity contribution in [3.8, 4) is 11.1 Å². The van der Waals surface area contributed by atoms with E-state index in [1.807, 2.05) is 0 Å². The fourth-order valence-corrected chi connectivity index (χ4v) is 2.53. The Bertz CT molecular complexity index is 499. The molecule has 0 saturated carbocycles. The predicted octanol–water partition coefficient (Wildman–Crippen LogP) is 4.88. The summed E-state index contributed by atoms with van der Waals surface area (Å²) in [5.74, 6) is 0.748. The van der Waals surface area contributed by atoms with Crippen molar-refractivity contribution < 1.29 is 0 Å². The lowest BCUT2D eigenvalue weighted by Gasteiger charge is -2.16. The zero-order chi connectivity index (χ0) is 14.4. The molecule has 0 aliphatic heterocycles. The molecular weight excluding hydrogens is 242 g/mol. The van der Waals surface area contributed by atoms with Gasteiger partial charge >= 0.3 is 0 Å². The molecule has 2 aromatic carbocycles. The SMILES string of the molecule is CC(C)CC(C)NCc1ccc(-c2ccccc2)cc1. The van der Waals surface area contributed by atoms with E-state index in [2.05, 4.69) is 80.7 Å². The molecule has 0 amide bonds. The second-order valence-corrected chi connectivity index (χ2v) is 5.97. The van der Waals surface area contributed by atoms with E-state index in [-0.39, 0.29) is 0 Å². The van der Waals surface area contributed by atoms with E-state index in [1.54, 1.807) is 0 Å². The zero-order valence-electron chi connectivity index (χ0n) is 12.8. The van der Waals surface area contributed by atoms with Crippen LogP contribution in [0, 0.1) is 5.92 Å². The van der Waals surface area contributed by atoms with Crippen LogP contribution in [0.1, 0.15) is 32.8 Å². The molecule has 2 aromatic rings. The van der Waals surface area contributed by atoms with Crippen molar-refractivity contribution in [1.29, 1.82) is 0 Å². The molecule has 1 heteroatoms. The van der Waals surface area contributed by atoms with Crippen LogP contribution in [0.2, 0.25) is 0 Å². The summed E-state index contributed by atoms with van der Waals surface area (Å²) in [4.78, 5) is 0. The van der Waals surface area contributed by atoms with Gasteiger partial charge in [0.2, 0.25) is 0 Å². The molecule has 1 N–H and O–H groups in total. The lowest BCUT2D eigenvalue weighted by atomic mass is 10.0. The second kappa shape index (κ2) is 7.25. The minimum Gasteiger partial charge on any atom is -0.310 e. The predicted molar refractivity (Wildman–Crippen MR) is 87.6 cm³/mol. The molecule has 20 heavy (non-hydrogen) atoms. The standard InChI is InChI=1S/C19H25N/c1-15(2)13-16(3)20-14-17-9-11-19(12-10-17)18-7-5-4-6-8-18/h4-12,15-16,20H,13-14H2,1-3H3. The van der Waals surface area contributed by atoms with Crippen LogP contribution in [0.5, 0.6) is 0 Å². The Morgan fingerprint density at radius 3 is 2.00 bits per heavy atom. The number of hydrogen-bond acceptors (Lipinski definition) is 1. The summed E-state index contributed by atoms with van der Waals surface area (Å²) in [5, 5.41) is 3.59. The molecular formula is C19H25N. The van der Waals surface area contributed by atoms with E-state index < -0.39 is 0 Å². The second-order valence-electron chi connectivity index (χ2n) is 5.97. The third kappa shape index (κ3) is 4.50. The van der Waals surface area contributed by atoms with Crippen LogP contribution in [-0.2, 0) is 6.54 Å². The quantitative estimate of drug-likeness (QED) is 0.786. The first kappa shape index (κ1) is 14.8. The summed E-state index contributed by atoms with van der Waals surface area (Å²) in [6.45, 7) is 7.75. The maximum absolute atomic E-state index is 3.59. The average Bonchev–Trinajstić information content (AvgIpc) is 2.46. The average molecular weight is 267 g/mol. The van der Waals surface area contributed by atoms with Crippen molar-refractivity contribution in [3.05, 3.63) is 60.2 Å². The number of nitrogens with one attached hydrogen (secondary N) is 1. The number of rotatable bonds is 6. The lowest BCUT2D eigenvalue weighted by Crippen LogP contribution is -2.26. The highest BCUT2D eigenvalue weighted by Crippen LogP contribution is 2.19. The first-order valence-electron chi connectivity index (χ1n) is 7.53. The molecule has 0 spiro atoms. The monoisotopic (exact) mass is 267 g/mol. The zero-order valence-corrected chi connectivity index (χ0v) is 12.8. The van der Waals surface area contributed by atoms with Crippen molar-refractivity contribution in [2.45, 2.75) is 39.8 Å². The van der Waals surface area contributed by atoms with Gasteiger partial charge in [-0.15, -0.1) is 0 Å². The van der Waals surface area contributed by atoms with Crippen molar-refractivity contribution in [2.75, 3.05) is 0 Å². The van der Waals surface area contributed by atoms with E-state index in [9.17, 15) is 0 Å². The molecule has 1 atom stereocenters. The molecule has 0 aromatic heterocycles. The Balaban J connectivity index is 1.92. The Labute approximate surface area is 123 Å². The number of hydrogen-bond donors (Lipinski definition) is 1. The van der Waals surface area contributed by atoms with E-state index in [4.69, 9.17) is 0 Å². The molecule has 0 saturated heterocycles. The van der Waals surface area contributed by atoms with Gasteiger partial charge in [0.05, 0.1) is 0 Å². The van der Waals surface area contributed by atoms with E-state index in [0.29, 0.717) is 6.04 Å². The van der Waals surface area contributed by atoms with Crippen LogP contribution in [-0.4, -0.2) is 6.04 Å². The highest BCUT2D eigenvalue weighted by molar-refractivity contribution is 5.63. The normalized spacial score (nSPS) is 12.6. The fourth-order valence-electron chi connectivity index (χ4n) is 2.53. The molecule has 0 bridgehead atoms. The molecule has 0 aliphatic rings. The van der Waals surface area contributed by atoms with Gasteiger partial charge in [0.25, 0.3) is 0 Å². The van der Waals surface area contributed by atoms with Crippen LogP contribution >= 0.6 is 0 Å². The van der Waals surface area contributed by atoms with Crippen LogP contribution < -0.4 is 5.32 Å². The van der Waals surface area contributed by atoms with Gasteiger partial charge in [-0.05, 0) is 36.0 Å². The smallest absolute Gasteiger partial charge is 0.0207 e. The fraction of sp³-hybridized carbons (Fsp3) is 0.368. The van der Waals surface area contributed by atoms with Gasteiger partial charge in [0, 0.05) is 12.6 Å². The maximum Gasteiger partial charge on any atom is 0.0207 e. The first-order chi connectivity index (χ1) is 9.65. The summed E-state index contributed by atoms with van der Waals surface area (Å²) in [6.07, 6.45) is 1.22. The topological polar surface area (TPSA) is 12.0 Å². The Morgan fingerprint density at radius 1 is 0.800 bits per heavy atom. The van der Waals surface area contributed by atoms with Crippen molar-refractivity contribution in [2.24, 2.45) is 5.92 Å². The minimum atomic E-state index is 0.573. The largest absolute Gasteiger partial charge is 0.310 e. The molecule has 0 radical (unpaired) electrons. The highest BCUT2D eigenvalue weighted by atomic mass is 14.9. The lowest BCUT2D eigenvalue weighted by molar-refractivity contribution is 0.441. The third-order valence-electron chi connectivity index (χ3n) is 3.54. The summed E-state index contributed by atoms with van der Waals surface area (Å²) >= 11 is 0. The van der Waals surface area contributed by atoms with Crippen LogP contribution in [0.15, 0.2) is 54.6 Å². The van der Waals surface area contributed by atoms with Crippen molar-refractivity contribution in [1.82, 2.24) is 5.32 Å². The maximum atomic E-state index is 3.59. The summed E-state index contributed by atoms with van der Waals surface area (Å²) < 4.78 is 0. The van der Waals surface area contributed by atoms with Crippen molar-refractivity contribution in [3.63, 3.8) is 0 Å². The molecule has 0 aliphatic carbocycles. The Hall–Kier alpha value is -1.60. The van der Waals surface area contributed by atoms with Crippen LogP contribution in [0.25, 0.3) is 11.1 Å². The highest BCUT2D eigenvalue weighted by Gasteiger charge is 2.04. The molecule has 0 heterocycles. The van der Waals surface area contributed by atoms with Crippen LogP contribution in [0.4, 0.5) is 0 Å². The molecule has 1 unspecified atom stereocenters. The van der Waals surface area contributed by atoms with Gasteiger partial charge in [0.15, 0.2) is 0 Å². The Morgan fingerprint density at radius 2 is 1.40 bits per heavy atom. The van der Waals surface area contributed by atoms with Gasteiger partial charge < -0.3 is 5.32 Å². The first-order valence-corrected chi connectivity index (χ1v) is 7.53. The van der Waals surface area contributed by atoms with Gasteiger partial charge in [-0.25, -0.2) is 0 Å². The van der Waals surface area contributed by atoms with Crippen molar-refractivity contribution >= 4 is 0 Å². The molecule has 0 fully saturated rings. The van der Waals surface area contributed by atoms with Gasteiger partial charge in [-0.1, -0.05) is 68.4 Å². The minimum absolute atomic E-state index is 0.573. The summed E-state index contributed by atoms with van der Waals surface area (Å²) in [6, 6.07) is 19.9. The molecule has 2 rings (SSSR count). The van der Waals surface area contributed by atoms with Gasteiger partial charge in [-0.2, -0.15) is 0 Å². The van der Waals surface area contributed by atoms with Crippen LogP contribution in [0.3, 0.4) is 0 Å². The van der Waals surface area contributed by atoms with E-state index in [0.717, 1.165) is 12.5 Å². The number of benzene rings is 2. The van der Waals surface area contributed by atoms with Gasteiger partial charge in [-0.3, -0.25) is 0 Å². The molecule has 106 valence electrons. The molecule has 1 nitrogen and oxygen atoms in total. The van der Waals surface area contributed by atoms with E-state index >= 15 is 0 Å². The summed E-state index contributed by atoms with van der Waals surface area (Å²) in [7, 11) is 0. The van der Waals surface area contributed by atoms with E-state index in [1.165, 1.54) is 23.1 Å². The van der Waals surface area contributed by atoms with Gasteiger partial charge in [0.1, 0.15) is 0 Å².